The van der Waals surface area contributed by atoms with Crippen molar-refractivity contribution in [3.05, 3.63) is 65.2 Å². The van der Waals surface area contributed by atoms with Crippen LogP contribution in [-0.2, 0) is 0 Å². The first-order valence-corrected chi connectivity index (χ1v) is 9.78. The van der Waals surface area contributed by atoms with E-state index in [1.807, 2.05) is 25.1 Å². The first kappa shape index (κ1) is 19.3. The summed E-state index contributed by atoms with van der Waals surface area (Å²) in [5.74, 6) is 1.06. The summed E-state index contributed by atoms with van der Waals surface area (Å²) in [4.78, 5) is 13.1. The minimum Gasteiger partial charge on any atom is -0.393 e. The van der Waals surface area contributed by atoms with Crippen LogP contribution in [0.1, 0.15) is 5.56 Å². The molecule has 3 aromatic rings. The number of hydrogen-bond acceptors (Lipinski definition) is 6. The lowest BCUT2D eigenvalue weighted by atomic mass is 10.2. The van der Waals surface area contributed by atoms with Crippen molar-refractivity contribution in [1.82, 2.24) is 9.97 Å². The van der Waals surface area contributed by atoms with Crippen molar-refractivity contribution in [2.45, 2.75) is 6.92 Å². The predicted molar refractivity (Wildman–Crippen MR) is 117 cm³/mol. The molecule has 1 aliphatic rings. The molecule has 1 aromatic heterocycles. The fourth-order valence-corrected chi connectivity index (χ4v) is 3.69. The number of rotatable bonds is 4. The molecule has 3 N–H and O–H groups in total. The van der Waals surface area contributed by atoms with Crippen molar-refractivity contribution in [2.24, 2.45) is 0 Å². The largest absolute Gasteiger partial charge is 0.393 e. The number of benzene rings is 2. The van der Waals surface area contributed by atoms with Crippen LogP contribution in [0, 0.1) is 12.7 Å². The van der Waals surface area contributed by atoms with E-state index in [9.17, 15) is 4.39 Å². The van der Waals surface area contributed by atoms with Gasteiger partial charge in [-0.15, -0.1) is 0 Å². The molecule has 150 valence electrons. The topological polar surface area (TPSA) is 70.3 Å². The first-order chi connectivity index (χ1) is 14.0. The molecule has 0 amide bonds. The maximum Gasteiger partial charge on any atom is 0.159 e. The Morgan fingerprint density at radius 2 is 1.69 bits per heavy atom. The van der Waals surface area contributed by atoms with Crippen LogP contribution in [0.3, 0.4) is 0 Å². The Balaban J connectivity index is 1.48. The van der Waals surface area contributed by atoms with Gasteiger partial charge in [0.2, 0.25) is 0 Å². The molecule has 0 bridgehead atoms. The summed E-state index contributed by atoms with van der Waals surface area (Å²) in [6, 6.07) is 12.2. The molecule has 0 radical (unpaired) electrons. The standard InChI is InChI=1S/C21H22ClFN6/c1-14-12-15(22)2-7-18(14)27-20-19(24)21(26-13-25-20)29-10-8-28(9-11-29)17-5-3-16(23)4-6-17/h2-7,12-13H,8-11,24H2,1H3,(H,25,26,27). The van der Waals surface area contributed by atoms with Gasteiger partial charge < -0.3 is 20.9 Å². The molecule has 1 aliphatic heterocycles. The maximum absolute atomic E-state index is 13.2. The summed E-state index contributed by atoms with van der Waals surface area (Å²) < 4.78 is 13.2. The van der Waals surface area contributed by atoms with Crippen LogP contribution in [0.4, 0.5) is 33.1 Å². The van der Waals surface area contributed by atoms with E-state index in [1.165, 1.54) is 18.5 Å². The Morgan fingerprint density at radius 1 is 1.00 bits per heavy atom. The number of piperazine rings is 1. The molecule has 0 atom stereocenters. The van der Waals surface area contributed by atoms with Gasteiger partial charge in [-0.1, -0.05) is 11.6 Å². The third kappa shape index (κ3) is 4.19. The second kappa shape index (κ2) is 8.13. The number of hydrogen-bond donors (Lipinski definition) is 2. The summed E-state index contributed by atoms with van der Waals surface area (Å²) in [5.41, 5.74) is 9.82. The number of nitrogens with two attached hydrogens (primary N) is 1. The summed E-state index contributed by atoms with van der Waals surface area (Å²) >= 11 is 6.03. The summed E-state index contributed by atoms with van der Waals surface area (Å²) in [5, 5.41) is 3.96. The average Bonchev–Trinajstić information content (AvgIpc) is 2.72. The molecule has 1 fully saturated rings. The molecule has 6 nitrogen and oxygen atoms in total. The van der Waals surface area contributed by atoms with Crippen LogP contribution in [0.5, 0.6) is 0 Å². The lowest BCUT2D eigenvalue weighted by molar-refractivity contribution is 0.624. The Morgan fingerprint density at radius 3 is 2.38 bits per heavy atom. The van der Waals surface area contributed by atoms with Crippen molar-refractivity contribution in [3.63, 3.8) is 0 Å². The highest BCUT2D eigenvalue weighted by Crippen LogP contribution is 2.31. The maximum atomic E-state index is 13.2. The van der Waals surface area contributed by atoms with Crippen LogP contribution >= 0.6 is 11.6 Å². The van der Waals surface area contributed by atoms with E-state index < -0.39 is 0 Å². The number of nitrogens with one attached hydrogen (secondary N) is 1. The fraction of sp³-hybridized carbons (Fsp3) is 0.238. The molecule has 29 heavy (non-hydrogen) atoms. The van der Waals surface area contributed by atoms with Crippen LogP contribution in [0.25, 0.3) is 0 Å². The highest BCUT2D eigenvalue weighted by molar-refractivity contribution is 6.30. The van der Waals surface area contributed by atoms with E-state index in [0.717, 1.165) is 43.1 Å². The number of nitrogen functional groups attached to an aromatic ring is 1. The normalized spacial score (nSPS) is 14.2. The van der Waals surface area contributed by atoms with E-state index in [2.05, 4.69) is 25.1 Å². The number of anilines is 5. The van der Waals surface area contributed by atoms with Crippen molar-refractivity contribution in [3.8, 4) is 0 Å². The molecule has 1 saturated heterocycles. The van der Waals surface area contributed by atoms with E-state index in [4.69, 9.17) is 17.3 Å². The third-order valence-corrected chi connectivity index (χ3v) is 5.31. The van der Waals surface area contributed by atoms with Gasteiger partial charge >= 0.3 is 0 Å². The van der Waals surface area contributed by atoms with Gasteiger partial charge in [0.1, 0.15) is 17.8 Å². The van der Waals surface area contributed by atoms with Gasteiger partial charge in [-0.3, -0.25) is 0 Å². The monoisotopic (exact) mass is 412 g/mol. The third-order valence-electron chi connectivity index (χ3n) is 5.08. The average molecular weight is 413 g/mol. The zero-order valence-electron chi connectivity index (χ0n) is 16.1. The second-order valence-corrected chi connectivity index (χ2v) is 7.43. The zero-order chi connectivity index (χ0) is 20.4. The van der Waals surface area contributed by atoms with Crippen molar-refractivity contribution in [2.75, 3.05) is 47.0 Å². The molecule has 4 rings (SSSR count). The number of aryl methyl sites for hydroxylation is 1. The van der Waals surface area contributed by atoms with Gasteiger partial charge in [0.25, 0.3) is 0 Å². The van der Waals surface area contributed by atoms with Gasteiger partial charge in [0.15, 0.2) is 11.6 Å². The molecule has 2 aromatic carbocycles. The van der Waals surface area contributed by atoms with Crippen LogP contribution < -0.4 is 20.9 Å². The Kier molecular flexibility index (Phi) is 5.40. The van der Waals surface area contributed by atoms with Gasteiger partial charge in [0.05, 0.1) is 0 Å². The van der Waals surface area contributed by atoms with Crippen molar-refractivity contribution < 1.29 is 4.39 Å². The predicted octanol–water partition coefficient (Wildman–Crippen LogP) is 4.23. The minimum atomic E-state index is -0.225. The summed E-state index contributed by atoms with van der Waals surface area (Å²) in [7, 11) is 0. The zero-order valence-corrected chi connectivity index (χ0v) is 16.8. The van der Waals surface area contributed by atoms with Crippen molar-refractivity contribution >= 4 is 40.3 Å². The van der Waals surface area contributed by atoms with Gasteiger partial charge in [-0.25, -0.2) is 14.4 Å². The van der Waals surface area contributed by atoms with E-state index in [-0.39, 0.29) is 5.82 Å². The molecular formula is C21H22ClFN6. The molecule has 0 spiro atoms. The fourth-order valence-electron chi connectivity index (χ4n) is 3.46. The van der Waals surface area contributed by atoms with Gasteiger partial charge in [-0.05, 0) is 55.0 Å². The second-order valence-electron chi connectivity index (χ2n) is 6.99. The SMILES string of the molecule is Cc1cc(Cl)ccc1Nc1ncnc(N2CCN(c3ccc(F)cc3)CC2)c1N. The lowest BCUT2D eigenvalue weighted by Crippen LogP contribution is -2.47. The van der Waals surface area contributed by atoms with Gasteiger partial charge in [-0.2, -0.15) is 0 Å². The Labute approximate surface area is 174 Å². The highest BCUT2D eigenvalue weighted by Gasteiger charge is 2.21. The first-order valence-electron chi connectivity index (χ1n) is 9.40. The Bertz CT molecular complexity index is 1000. The Hall–Kier alpha value is -3.06. The van der Waals surface area contributed by atoms with E-state index in [0.29, 0.717) is 22.3 Å². The number of halogens is 2. The van der Waals surface area contributed by atoms with Crippen LogP contribution in [0.2, 0.25) is 5.02 Å². The number of nitrogens with zero attached hydrogens (tertiary/aromatic N) is 4. The smallest absolute Gasteiger partial charge is 0.159 e. The quantitative estimate of drug-likeness (QED) is 0.668. The van der Waals surface area contributed by atoms with E-state index in [1.54, 1.807) is 12.1 Å². The molecule has 0 unspecified atom stereocenters. The highest BCUT2D eigenvalue weighted by atomic mass is 35.5. The van der Waals surface area contributed by atoms with Gasteiger partial charge in [0, 0.05) is 42.6 Å². The van der Waals surface area contributed by atoms with Crippen LogP contribution in [0.15, 0.2) is 48.8 Å². The minimum absolute atomic E-state index is 0.225. The molecular weight excluding hydrogens is 391 g/mol. The van der Waals surface area contributed by atoms with Crippen molar-refractivity contribution in [1.29, 1.82) is 0 Å². The molecule has 0 aliphatic carbocycles. The molecule has 0 saturated carbocycles. The lowest BCUT2D eigenvalue weighted by Gasteiger charge is -2.37. The summed E-state index contributed by atoms with van der Waals surface area (Å²) in [6.07, 6.45) is 1.52. The van der Waals surface area contributed by atoms with E-state index >= 15 is 0 Å². The number of aromatic nitrogens is 2. The summed E-state index contributed by atoms with van der Waals surface area (Å²) in [6.45, 7) is 5.10. The molecule has 2 heterocycles. The van der Waals surface area contributed by atoms with Crippen LogP contribution in [-0.4, -0.2) is 36.1 Å². The molecule has 8 heteroatoms.